The average Bonchev–Trinajstić information content (AvgIpc) is 3.08. The van der Waals surface area contributed by atoms with Gasteiger partial charge in [-0.05, 0) is 35.8 Å². The van der Waals surface area contributed by atoms with Crippen molar-refractivity contribution in [2.24, 2.45) is 0 Å². The zero-order valence-corrected chi connectivity index (χ0v) is 14.4. The molecule has 0 aromatic carbocycles. The van der Waals surface area contributed by atoms with E-state index in [2.05, 4.69) is 27.0 Å². The van der Waals surface area contributed by atoms with Gasteiger partial charge >= 0.3 is 6.09 Å². The molecule has 1 fully saturated rings. The van der Waals surface area contributed by atoms with Crippen LogP contribution in [-0.4, -0.2) is 23.2 Å². The monoisotopic (exact) mass is 383 g/mol. The molecule has 0 aliphatic carbocycles. The van der Waals surface area contributed by atoms with Crippen LogP contribution in [0.4, 0.5) is 9.93 Å². The fourth-order valence-electron chi connectivity index (χ4n) is 2.02. The van der Waals surface area contributed by atoms with Gasteiger partial charge in [-0.15, -0.1) is 22.7 Å². The first kappa shape index (κ1) is 14.5. The first-order valence-electron chi connectivity index (χ1n) is 6.05. The third-order valence-electron chi connectivity index (χ3n) is 3.05. The Morgan fingerprint density at radius 1 is 1.57 bits per heavy atom. The van der Waals surface area contributed by atoms with Crippen LogP contribution in [-0.2, 0) is 4.74 Å². The highest BCUT2D eigenvalue weighted by Crippen LogP contribution is 2.40. The van der Waals surface area contributed by atoms with Crippen molar-refractivity contribution in [3.05, 3.63) is 20.8 Å². The van der Waals surface area contributed by atoms with Crippen LogP contribution in [0.25, 0.3) is 10.6 Å². The minimum Gasteiger partial charge on any atom is -0.447 e. The lowest BCUT2D eigenvalue weighted by Crippen LogP contribution is -2.42. The molecule has 0 bridgehead atoms. The van der Waals surface area contributed by atoms with Gasteiger partial charge < -0.3 is 4.74 Å². The van der Waals surface area contributed by atoms with E-state index >= 15 is 0 Å². The largest absolute Gasteiger partial charge is 0.447 e. The van der Waals surface area contributed by atoms with Crippen molar-refractivity contribution in [2.45, 2.75) is 19.4 Å². The summed E-state index contributed by atoms with van der Waals surface area (Å²) in [5.74, 6) is 0. The third-order valence-corrected chi connectivity index (χ3v) is 5.83. The molecule has 3 rings (SSSR count). The first-order chi connectivity index (χ1) is 9.92. The zero-order valence-electron chi connectivity index (χ0n) is 11.2. The molecule has 0 N–H and O–H groups in total. The maximum Gasteiger partial charge on any atom is 0.416 e. The second kappa shape index (κ2) is 5.09. The van der Waals surface area contributed by atoms with E-state index in [-0.39, 0.29) is 6.09 Å². The highest BCUT2D eigenvalue weighted by Gasteiger charge is 2.42. The number of thiazole rings is 1. The van der Waals surface area contributed by atoms with E-state index in [0.29, 0.717) is 16.6 Å². The molecule has 0 unspecified atom stereocenters. The van der Waals surface area contributed by atoms with Gasteiger partial charge in [0.2, 0.25) is 0 Å². The minimum atomic E-state index is -0.406. The van der Waals surface area contributed by atoms with Gasteiger partial charge in [-0.2, -0.15) is 5.26 Å². The van der Waals surface area contributed by atoms with Gasteiger partial charge in [0.1, 0.15) is 17.6 Å². The summed E-state index contributed by atoms with van der Waals surface area (Å²) >= 11 is 6.20. The van der Waals surface area contributed by atoms with Crippen molar-refractivity contribution in [1.29, 1.82) is 5.26 Å². The Hall–Kier alpha value is -1.43. The molecule has 2 aromatic rings. The molecular weight excluding hydrogens is 374 g/mol. The van der Waals surface area contributed by atoms with Crippen LogP contribution in [0.2, 0.25) is 0 Å². The van der Waals surface area contributed by atoms with E-state index in [0.717, 1.165) is 15.0 Å². The average molecular weight is 384 g/mol. The Labute approximate surface area is 137 Å². The molecule has 1 aliphatic rings. The number of aromatic nitrogens is 1. The second-order valence-electron chi connectivity index (χ2n) is 5.12. The summed E-state index contributed by atoms with van der Waals surface area (Å²) in [5.41, 5.74) is 0.348. The van der Waals surface area contributed by atoms with Gasteiger partial charge in [0.25, 0.3) is 0 Å². The number of halogens is 1. The molecule has 3 heterocycles. The molecule has 1 amide bonds. The van der Waals surface area contributed by atoms with Crippen LogP contribution in [0.3, 0.4) is 0 Å². The van der Waals surface area contributed by atoms with Gasteiger partial charge in [0.15, 0.2) is 5.13 Å². The molecule has 0 saturated carbocycles. The smallest absolute Gasteiger partial charge is 0.416 e. The number of thiophene rings is 1. The molecule has 8 heteroatoms. The lowest BCUT2D eigenvalue weighted by atomic mass is 10.1. The molecule has 0 atom stereocenters. The highest BCUT2D eigenvalue weighted by atomic mass is 79.9. The highest BCUT2D eigenvalue weighted by molar-refractivity contribution is 9.10. The summed E-state index contributed by atoms with van der Waals surface area (Å²) in [6, 6.07) is 3.89. The van der Waals surface area contributed by atoms with Crippen LogP contribution in [0, 0.1) is 11.3 Å². The first-order valence-corrected chi connectivity index (χ1v) is 8.53. The van der Waals surface area contributed by atoms with Gasteiger partial charge in [-0.1, -0.05) is 0 Å². The van der Waals surface area contributed by atoms with Crippen molar-refractivity contribution in [3.8, 4) is 16.6 Å². The molecule has 1 aliphatic heterocycles. The van der Waals surface area contributed by atoms with E-state index in [9.17, 15) is 4.79 Å². The summed E-state index contributed by atoms with van der Waals surface area (Å²) in [4.78, 5) is 19.5. The van der Waals surface area contributed by atoms with Crippen LogP contribution < -0.4 is 4.90 Å². The minimum absolute atomic E-state index is 0.349. The molecule has 2 aromatic heterocycles. The number of ether oxygens (including phenoxy) is 1. The topological polar surface area (TPSA) is 66.2 Å². The quantitative estimate of drug-likeness (QED) is 0.777. The predicted molar refractivity (Wildman–Crippen MR) is 85.7 cm³/mol. The number of cyclic esters (lactones) is 1. The van der Waals surface area contributed by atoms with Crippen molar-refractivity contribution >= 4 is 49.8 Å². The number of rotatable bonds is 2. The summed E-state index contributed by atoms with van der Waals surface area (Å²) in [6.07, 6.45) is -0.371. The maximum atomic E-state index is 11.9. The SMILES string of the molecule is CC1(C)COC(=O)N1c1nc(-c2sc(C#N)cc2Br)cs1. The van der Waals surface area contributed by atoms with Crippen molar-refractivity contribution < 1.29 is 9.53 Å². The summed E-state index contributed by atoms with van der Waals surface area (Å²) in [7, 11) is 0. The zero-order chi connectivity index (χ0) is 15.2. The summed E-state index contributed by atoms with van der Waals surface area (Å²) in [6.45, 7) is 4.23. The van der Waals surface area contributed by atoms with Crippen LogP contribution in [0.1, 0.15) is 18.7 Å². The Balaban J connectivity index is 1.99. The van der Waals surface area contributed by atoms with Crippen LogP contribution in [0.15, 0.2) is 15.9 Å². The van der Waals surface area contributed by atoms with Crippen molar-refractivity contribution in [1.82, 2.24) is 4.98 Å². The fourth-order valence-corrected chi connectivity index (χ4v) is 4.70. The normalized spacial score (nSPS) is 16.9. The maximum absolute atomic E-state index is 11.9. The van der Waals surface area contributed by atoms with Gasteiger partial charge in [0.05, 0.1) is 16.1 Å². The van der Waals surface area contributed by atoms with Crippen molar-refractivity contribution in [2.75, 3.05) is 11.5 Å². The van der Waals surface area contributed by atoms with Gasteiger partial charge in [0, 0.05) is 9.85 Å². The van der Waals surface area contributed by atoms with Crippen molar-refractivity contribution in [3.63, 3.8) is 0 Å². The standard InChI is InChI=1S/C13H10BrN3O2S2/c1-13(2)6-19-12(18)17(13)11-16-9(5-20-11)10-8(14)3-7(4-15)21-10/h3,5H,6H2,1-2H3. The van der Waals surface area contributed by atoms with Crippen LogP contribution in [0.5, 0.6) is 0 Å². The molecule has 5 nitrogen and oxygen atoms in total. The number of anilines is 1. The molecule has 1 saturated heterocycles. The molecule has 108 valence electrons. The fraction of sp³-hybridized carbons (Fsp3) is 0.308. The number of hydrogen-bond acceptors (Lipinski definition) is 6. The van der Waals surface area contributed by atoms with Crippen LogP contribution >= 0.6 is 38.6 Å². The lowest BCUT2D eigenvalue weighted by Gasteiger charge is -2.24. The van der Waals surface area contributed by atoms with E-state index in [1.165, 1.54) is 22.7 Å². The Morgan fingerprint density at radius 2 is 2.33 bits per heavy atom. The molecule has 0 radical (unpaired) electrons. The van der Waals surface area contributed by atoms with E-state index < -0.39 is 5.54 Å². The number of carbonyl (C=O) groups is 1. The predicted octanol–water partition coefficient (Wildman–Crippen LogP) is 4.24. The summed E-state index contributed by atoms with van der Waals surface area (Å²) < 4.78 is 5.94. The van der Waals surface area contributed by atoms with Gasteiger partial charge in [-0.25, -0.2) is 14.7 Å². The molecular formula is C13H10BrN3O2S2. The number of carbonyl (C=O) groups excluding carboxylic acids is 1. The van der Waals surface area contributed by atoms with E-state index in [1.54, 1.807) is 11.0 Å². The van der Waals surface area contributed by atoms with E-state index in [4.69, 9.17) is 10.00 Å². The third kappa shape index (κ3) is 2.46. The van der Waals surface area contributed by atoms with E-state index in [1.807, 2.05) is 19.2 Å². The van der Waals surface area contributed by atoms with Gasteiger partial charge in [-0.3, -0.25) is 0 Å². The Morgan fingerprint density at radius 3 is 2.90 bits per heavy atom. The number of nitrogens with zero attached hydrogens (tertiary/aromatic N) is 3. The lowest BCUT2D eigenvalue weighted by molar-refractivity contribution is 0.175. The molecule has 21 heavy (non-hydrogen) atoms. The number of nitriles is 1. The summed E-state index contributed by atoms with van der Waals surface area (Å²) in [5, 5.41) is 11.4. The number of hydrogen-bond donors (Lipinski definition) is 0. The Kier molecular flexibility index (Phi) is 3.51. The second-order valence-corrected chi connectivity index (χ2v) is 7.86. The number of amides is 1. The molecule has 0 spiro atoms. The Bertz CT molecular complexity index is 760.